The van der Waals surface area contributed by atoms with Crippen LogP contribution in [0.25, 0.3) is 0 Å². The summed E-state index contributed by atoms with van der Waals surface area (Å²) in [6.45, 7) is 3.65. The van der Waals surface area contributed by atoms with Crippen LogP contribution in [0.1, 0.15) is 84.0 Å². The molecule has 0 unspecified atom stereocenters. The molecule has 0 aliphatic carbocycles. The van der Waals surface area contributed by atoms with E-state index in [1.165, 1.54) is 44.9 Å². The zero-order valence-electron chi connectivity index (χ0n) is 15.7. The number of carbonyl (C=O) groups is 2. The van der Waals surface area contributed by atoms with Gasteiger partial charge in [-0.1, -0.05) is 44.9 Å². The summed E-state index contributed by atoms with van der Waals surface area (Å²) in [5.41, 5.74) is 0. The molecule has 142 valence electrons. The van der Waals surface area contributed by atoms with E-state index in [1.807, 2.05) is 0 Å². The molecule has 0 rings (SSSR count). The number of esters is 1. The van der Waals surface area contributed by atoms with Crippen molar-refractivity contribution in [1.82, 2.24) is 5.32 Å². The first-order chi connectivity index (χ1) is 11.7. The predicted octanol–water partition coefficient (Wildman–Crippen LogP) is 3.99. The Morgan fingerprint density at radius 2 is 1.38 bits per heavy atom. The van der Waals surface area contributed by atoms with Crippen molar-refractivity contribution in [1.29, 1.82) is 0 Å². The van der Waals surface area contributed by atoms with E-state index in [0.29, 0.717) is 32.4 Å². The second-order valence-electron chi connectivity index (χ2n) is 6.18. The zero-order valence-corrected chi connectivity index (χ0v) is 15.7. The number of nitrogens with one attached hydrogen (secondary N) is 1. The summed E-state index contributed by atoms with van der Waals surface area (Å²) in [4.78, 5) is 22.8. The van der Waals surface area contributed by atoms with Gasteiger partial charge in [0, 0.05) is 33.1 Å². The van der Waals surface area contributed by atoms with Crippen LogP contribution in [0.15, 0.2) is 0 Å². The summed E-state index contributed by atoms with van der Waals surface area (Å²) in [5, 5.41) is 2.86. The molecule has 0 aromatic carbocycles. The molecule has 0 aliphatic heterocycles. The molecule has 0 aromatic heterocycles. The second-order valence-corrected chi connectivity index (χ2v) is 6.18. The molecule has 0 fully saturated rings. The molecule has 5 nitrogen and oxygen atoms in total. The van der Waals surface area contributed by atoms with Crippen LogP contribution in [0.5, 0.6) is 0 Å². The van der Waals surface area contributed by atoms with Gasteiger partial charge in [0.2, 0.25) is 5.91 Å². The number of carbonyl (C=O) groups excluding carboxylic acids is 2. The SMILES string of the molecule is CCOC(=O)CCCNC(=O)CCCCCCCCCCCOC. The molecule has 5 heteroatoms. The maximum atomic E-state index is 11.6. The fraction of sp³-hybridized carbons (Fsp3) is 0.895. The molecule has 1 amide bonds. The zero-order chi connectivity index (χ0) is 17.9. The van der Waals surface area contributed by atoms with Crippen LogP contribution < -0.4 is 5.32 Å². The Balaban J connectivity index is 3.22. The van der Waals surface area contributed by atoms with Gasteiger partial charge >= 0.3 is 5.97 Å². The molecule has 0 spiro atoms. The normalized spacial score (nSPS) is 10.6. The largest absolute Gasteiger partial charge is 0.466 e. The Kier molecular flexibility index (Phi) is 17.4. The Hall–Kier alpha value is -1.10. The van der Waals surface area contributed by atoms with Crippen LogP contribution in [0.3, 0.4) is 0 Å². The van der Waals surface area contributed by atoms with Gasteiger partial charge in [0.05, 0.1) is 6.61 Å². The van der Waals surface area contributed by atoms with Crippen molar-refractivity contribution in [2.45, 2.75) is 84.0 Å². The molecule has 0 radical (unpaired) electrons. The van der Waals surface area contributed by atoms with Gasteiger partial charge in [-0.2, -0.15) is 0 Å². The lowest BCUT2D eigenvalue weighted by Crippen LogP contribution is -2.24. The van der Waals surface area contributed by atoms with E-state index >= 15 is 0 Å². The fourth-order valence-corrected chi connectivity index (χ4v) is 2.55. The Morgan fingerprint density at radius 3 is 1.96 bits per heavy atom. The van der Waals surface area contributed by atoms with E-state index in [-0.39, 0.29) is 11.9 Å². The summed E-state index contributed by atoms with van der Waals surface area (Å²) >= 11 is 0. The predicted molar refractivity (Wildman–Crippen MR) is 96.9 cm³/mol. The summed E-state index contributed by atoms with van der Waals surface area (Å²) in [6.07, 6.45) is 12.5. The van der Waals surface area contributed by atoms with Crippen molar-refractivity contribution in [3.63, 3.8) is 0 Å². The Labute approximate surface area is 147 Å². The number of ether oxygens (including phenoxy) is 2. The Morgan fingerprint density at radius 1 is 0.792 bits per heavy atom. The molecule has 0 heterocycles. The molecule has 0 atom stereocenters. The molecule has 1 N–H and O–H groups in total. The number of rotatable bonds is 17. The molecule has 0 saturated heterocycles. The molecular weight excluding hydrogens is 306 g/mol. The number of unbranched alkanes of at least 4 members (excludes halogenated alkanes) is 8. The lowest BCUT2D eigenvalue weighted by atomic mass is 10.1. The monoisotopic (exact) mass is 343 g/mol. The third kappa shape index (κ3) is 17.3. The van der Waals surface area contributed by atoms with Gasteiger partial charge in [-0.3, -0.25) is 9.59 Å². The minimum atomic E-state index is -0.189. The third-order valence-electron chi connectivity index (χ3n) is 3.94. The van der Waals surface area contributed by atoms with Crippen LogP contribution >= 0.6 is 0 Å². The summed E-state index contributed by atoms with van der Waals surface area (Å²) in [6, 6.07) is 0. The molecule has 0 aliphatic rings. The lowest BCUT2D eigenvalue weighted by molar-refractivity contribution is -0.143. The van der Waals surface area contributed by atoms with Gasteiger partial charge in [0.15, 0.2) is 0 Å². The molecule has 0 aromatic rings. The summed E-state index contributed by atoms with van der Waals surface area (Å²) in [7, 11) is 1.75. The van der Waals surface area contributed by atoms with Crippen LogP contribution in [0.4, 0.5) is 0 Å². The fourth-order valence-electron chi connectivity index (χ4n) is 2.55. The maximum absolute atomic E-state index is 11.6. The van der Waals surface area contributed by atoms with Crippen molar-refractivity contribution in [2.75, 3.05) is 26.9 Å². The van der Waals surface area contributed by atoms with Crippen molar-refractivity contribution in [3.05, 3.63) is 0 Å². The minimum Gasteiger partial charge on any atom is -0.466 e. The van der Waals surface area contributed by atoms with Crippen LogP contribution in [-0.2, 0) is 19.1 Å². The average Bonchev–Trinajstić information content (AvgIpc) is 2.57. The van der Waals surface area contributed by atoms with Crippen molar-refractivity contribution >= 4 is 11.9 Å². The van der Waals surface area contributed by atoms with E-state index in [4.69, 9.17) is 9.47 Å². The maximum Gasteiger partial charge on any atom is 0.305 e. The highest BCUT2D eigenvalue weighted by atomic mass is 16.5. The average molecular weight is 344 g/mol. The van der Waals surface area contributed by atoms with Crippen molar-refractivity contribution in [3.8, 4) is 0 Å². The number of hydrogen-bond donors (Lipinski definition) is 1. The van der Waals surface area contributed by atoms with Crippen molar-refractivity contribution < 1.29 is 19.1 Å². The van der Waals surface area contributed by atoms with E-state index < -0.39 is 0 Å². The van der Waals surface area contributed by atoms with Crippen LogP contribution in [0, 0.1) is 0 Å². The highest BCUT2D eigenvalue weighted by Gasteiger charge is 2.03. The third-order valence-corrected chi connectivity index (χ3v) is 3.94. The lowest BCUT2D eigenvalue weighted by Gasteiger charge is -2.05. The smallest absolute Gasteiger partial charge is 0.305 e. The Bertz CT molecular complexity index is 308. The van der Waals surface area contributed by atoms with E-state index in [1.54, 1.807) is 14.0 Å². The van der Waals surface area contributed by atoms with E-state index in [2.05, 4.69) is 5.32 Å². The minimum absolute atomic E-state index is 0.0944. The first-order valence-corrected chi connectivity index (χ1v) is 9.62. The first kappa shape index (κ1) is 22.9. The van der Waals surface area contributed by atoms with Crippen LogP contribution in [0.2, 0.25) is 0 Å². The van der Waals surface area contributed by atoms with Gasteiger partial charge in [-0.15, -0.1) is 0 Å². The van der Waals surface area contributed by atoms with Crippen molar-refractivity contribution in [2.24, 2.45) is 0 Å². The quantitative estimate of drug-likeness (QED) is 0.320. The molecular formula is C19H37NO4. The molecule has 0 bridgehead atoms. The van der Waals surface area contributed by atoms with Gasteiger partial charge < -0.3 is 14.8 Å². The van der Waals surface area contributed by atoms with Gasteiger partial charge in [0.1, 0.15) is 0 Å². The molecule has 24 heavy (non-hydrogen) atoms. The topological polar surface area (TPSA) is 64.6 Å². The number of hydrogen-bond acceptors (Lipinski definition) is 4. The van der Waals surface area contributed by atoms with Gasteiger partial charge in [0.25, 0.3) is 0 Å². The van der Waals surface area contributed by atoms with E-state index in [9.17, 15) is 9.59 Å². The second kappa shape index (κ2) is 18.2. The number of amides is 1. The standard InChI is InChI=1S/C19H37NO4/c1-3-24-19(22)15-13-16-20-18(21)14-11-9-7-5-4-6-8-10-12-17-23-2/h3-17H2,1-2H3,(H,20,21). The molecule has 0 saturated carbocycles. The van der Waals surface area contributed by atoms with Crippen LogP contribution in [-0.4, -0.2) is 38.7 Å². The van der Waals surface area contributed by atoms with Gasteiger partial charge in [-0.25, -0.2) is 0 Å². The van der Waals surface area contributed by atoms with E-state index in [0.717, 1.165) is 19.4 Å². The number of methoxy groups -OCH3 is 1. The highest BCUT2D eigenvalue weighted by molar-refractivity contribution is 5.75. The summed E-state index contributed by atoms with van der Waals surface area (Å²) < 4.78 is 9.87. The highest BCUT2D eigenvalue weighted by Crippen LogP contribution is 2.10. The summed E-state index contributed by atoms with van der Waals surface area (Å²) in [5.74, 6) is -0.0950. The first-order valence-electron chi connectivity index (χ1n) is 9.62. The van der Waals surface area contributed by atoms with Gasteiger partial charge in [-0.05, 0) is 26.2 Å².